The van der Waals surface area contributed by atoms with Crippen molar-refractivity contribution in [3.8, 4) is 0 Å². The molecule has 2 rings (SSSR count). The van der Waals surface area contributed by atoms with E-state index in [0.717, 1.165) is 0 Å². The fraction of sp³-hybridized carbons (Fsp3) is 0.0667. The summed E-state index contributed by atoms with van der Waals surface area (Å²) in [4.78, 5) is 0. The maximum atomic E-state index is 3.74. The van der Waals surface area contributed by atoms with E-state index in [9.17, 15) is 0 Å². The van der Waals surface area contributed by atoms with E-state index in [1.807, 2.05) is 17.8 Å². The summed E-state index contributed by atoms with van der Waals surface area (Å²) in [5.74, 6) is 0. The number of thioether (sulfide) groups is 1. The fourth-order valence-electron chi connectivity index (χ4n) is 1.47. The Kier molecular flexibility index (Phi) is 5.58. The van der Waals surface area contributed by atoms with Crippen LogP contribution in [0.1, 0.15) is 5.56 Å². The molecule has 0 fully saturated rings. The molecule has 2 aromatic rings. The Morgan fingerprint density at radius 1 is 0.944 bits per heavy atom. The van der Waals surface area contributed by atoms with Gasteiger partial charge in [0, 0.05) is 0 Å². The van der Waals surface area contributed by atoms with Gasteiger partial charge in [0.1, 0.15) is 0 Å². The number of rotatable bonds is 4. The molecule has 0 aliphatic carbocycles. The van der Waals surface area contributed by atoms with Gasteiger partial charge in [0.05, 0.1) is 0 Å². The van der Waals surface area contributed by atoms with Gasteiger partial charge in [-0.1, -0.05) is 0 Å². The van der Waals surface area contributed by atoms with Gasteiger partial charge in [-0.05, 0) is 0 Å². The molecule has 0 saturated heterocycles. The molecular weight excluding hydrogens is 371 g/mol. The summed E-state index contributed by atoms with van der Waals surface area (Å²) < 4.78 is 4.04. The molecule has 0 atom stereocenters. The molecule has 18 heavy (non-hydrogen) atoms. The van der Waals surface area contributed by atoms with E-state index in [2.05, 4.69) is 76.8 Å². The van der Waals surface area contributed by atoms with Gasteiger partial charge in [-0.3, -0.25) is 0 Å². The third-order valence-electron chi connectivity index (χ3n) is 2.35. The number of benzene rings is 2. The van der Waals surface area contributed by atoms with Crippen molar-refractivity contribution in [1.82, 2.24) is 0 Å². The fourth-order valence-corrected chi connectivity index (χ4v) is 5.55. The summed E-state index contributed by atoms with van der Waals surface area (Å²) in [5.41, 5.74) is 1.25. The summed E-state index contributed by atoms with van der Waals surface area (Å²) in [5, 5.41) is 0. The minimum absolute atomic E-state index is 0.356. The second-order valence-corrected chi connectivity index (χ2v) is 8.05. The Labute approximate surface area is 127 Å². The normalized spacial score (nSPS) is 12.1. The molecule has 0 aliphatic heterocycles. The Hall–Kier alpha value is -0.471. The Bertz CT molecular complexity index is 523. The summed E-state index contributed by atoms with van der Waals surface area (Å²) >= 11 is 5.93. The van der Waals surface area contributed by atoms with Crippen LogP contribution in [0, 0.1) is 0 Å². The summed E-state index contributed by atoms with van der Waals surface area (Å²) in [7, 11) is 0. The van der Waals surface area contributed by atoms with Crippen molar-refractivity contribution in [2.45, 2.75) is 0 Å². The summed E-state index contributed by atoms with van der Waals surface area (Å²) in [6.45, 7) is 0. The molecule has 0 aliphatic rings. The number of hydrogen-bond acceptors (Lipinski definition) is 1. The second kappa shape index (κ2) is 7.20. The average molecular weight is 384 g/mol. The van der Waals surface area contributed by atoms with Crippen molar-refractivity contribution in [3.05, 3.63) is 70.0 Å². The summed E-state index contributed by atoms with van der Waals surface area (Å²) in [6, 6.07) is 21.1. The molecule has 0 radical (unpaired) electrons. The predicted octanol–water partition coefficient (Wildman–Crippen LogP) is 4.10. The van der Waals surface area contributed by atoms with E-state index in [-0.39, 0.29) is 0 Å². The molecular formula is C15H13BrSSe. The molecule has 0 saturated carbocycles. The molecule has 0 spiro atoms. The third kappa shape index (κ3) is 3.76. The van der Waals surface area contributed by atoms with Crippen LogP contribution >= 0.6 is 27.7 Å². The van der Waals surface area contributed by atoms with Gasteiger partial charge in [-0.15, -0.1) is 0 Å². The van der Waals surface area contributed by atoms with Crippen LogP contribution in [0.2, 0.25) is 0 Å². The molecule has 92 valence electrons. The molecule has 0 heterocycles. The Morgan fingerprint density at radius 2 is 1.50 bits per heavy atom. The third-order valence-corrected chi connectivity index (χ3v) is 7.99. The molecule has 3 heteroatoms. The molecule has 0 nitrogen and oxygen atoms in total. The minimum atomic E-state index is 0.356. The first-order valence-corrected chi connectivity index (χ1v) is 9.26. The SMILES string of the molecule is CS/C([Se]c1ccccc1)=C(\Br)c1ccccc1. The van der Waals surface area contributed by atoms with Crippen LogP contribution in [0.5, 0.6) is 0 Å². The Balaban J connectivity index is 2.28. The van der Waals surface area contributed by atoms with E-state index >= 15 is 0 Å². The summed E-state index contributed by atoms with van der Waals surface area (Å²) in [6.07, 6.45) is 2.14. The van der Waals surface area contributed by atoms with E-state index in [1.54, 1.807) is 0 Å². The van der Waals surface area contributed by atoms with E-state index in [4.69, 9.17) is 0 Å². The first kappa shape index (κ1) is 13.9. The molecule has 0 bridgehead atoms. The maximum absolute atomic E-state index is 3.74. The van der Waals surface area contributed by atoms with Gasteiger partial charge < -0.3 is 0 Å². The topological polar surface area (TPSA) is 0 Å². The van der Waals surface area contributed by atoms with Crippen LogP contribution in [0.3, 0.4) is 0 Å². The van der Waals surface area contributed by atoms with Crippen molar-refractivity contribution in [1.29, 1.82) is 0 Å². The van der Waals surface area contributed by atoms with Crippen LogP contribution in [0.25, 0.3) is 4.48 Å². The van der Waals surface area contributed by atoms with E-state index < -0.39 is 0 Å². The second-order valence-electron chi connectivity index (χ2n) is 3.59. The quantitative estimate of drug-likeness (QED) is 0.716. The van der Waals surface area contributed by atoms with Crippen LogP contribution in [0.4, 0.5) is 0 Å². The van der Waals surface area contributed by atoms with E-state index in [0.29, 0.717) is 15.0 Å². The number of hydrogen-bond donors (Lipinski definition) is 0. The van der Waals surface area contributed by atoms with Crippen molar-refractivity contribution in [2.24, 2.45) is 0 Å². The van der Waals surface area contributed by atoms with Crippen LogP contribution < -0.4 is 4.46 Å². The molecule has 2 aromatic carbocycles. The van der Waals surface area contributed by atoms with E-state index in [1.165, 1.54) is 18.3 Å². The first-order valence-electron chi connectivity index (χ1n) is 5.53. The monoisotopic (exact) mass is 384 g/mol. The van der Waals surface area contributed by atoms with Crippen molar-refractivity contribution in [2.75, 3.05) is 6.26 Å². The molecule has 0 amide bonds. The van der Waals surface area contributed by atoms with Crippen LogP contribution in [0.15, 0.2) is 64.5 Å². The van der Waals surface area contributed by atoms with Gasteiger partial charge in [-0.25, -0.2) is 0 Å². The van der Waals surface area contributed by atoms with Crippen molar-refractivity contribution in [3.63, 3.8) is 0 Å². The predicted molar refractivity (Wildman–Crippen MR) is 87.6 cm³/mol. The van der Waals surface area contributed by atoms with Crippen molar-refractivity contribution < 1.29 is 0 Å². The van der Waals surface area contributed by atoms with Gasteiger partial charge in [0.25, 0.3) is 0 Å². The van der Waals surface area contributed by atoms with Gasteiger partial charge in [0.15, 0.2) is 0 Å². The zero-order valence-corrected chi connectivity index (χ0v) is 14.1. The average Bonchev–Trinajstić information content (AvgIpc) is 2.46. The number of halogens is 1. The van der Waals surface area contributed by atoms with Gasteiger partial charge in [0.2, 0.25) is 0 Å². The van der Waals surface area contributed by atoms with Gasteiger partial charge in [-0.2, -0.15) is 0 Å². The van der Waals surface area contributed by atoms with Crippen LogP contribution in [-0.2, 0) is 0 Å². The Morgan fingerprint density at radius 3 is 2.06 bits per heavy atom. The first-order chi connectivity index (χ1) is 8.81. The molecule has 0 unspecified atom stereocenters. The molecule has 0 aromatic heterocycles. The zero-order valence-electron chi connectivity index (χ0n) is 9.97. The standard InChI is InChI=1S/C15H13BrSSe/c1-17-15(18-13-10-6-3-7-11-13)14(16)12-8-4-2-5-9-12/h2-11H,1H3/b15-14+. The van der Waals surface area contributed by atoms with Crippen LogP contribution in [-0.4, -0.2) is 21.2 Å². The van der Waals surface area contributed by atoms with Crippen molar-refractivity contribution >= 4 is 51.6 Å². The van der Waals surface area contributed by atoms with Gasteiger partial charge >= 0.3 is 128 Å². The zero-order chi connectivity index (χ0) is 12.8. The molecule has 0 N–H and O–H groups in total.